The molecule has 0 heterocycles. The first-order chi connectivity index (χ1) is 5.66. The molecule has 0 aliphatic heterocycles. The van der Waals surface area contributed by atoms with Crippen LogP contribution in [0.4, 0.5) is 0 Å². The maximum atomic E-state index is 10.7. The summed E-state index contributed by atoms with van der Waals surface area (Å²) >= 11 is -2.14. The first-order valence-electron chi connectivity index (χ1n) is 3.88. The van der Waals surface area contributed by atoms with Crippen molar-refractivity contribution in [1.82, 2.24) is 0 Å². The minimum absolute atomic E-state index is 0.0418. The van der Waals surface area contributed by atoms with Gasteiger partial charge < -0.3 is 9.29 Å². The highest BCUT2D eigenvalue weighted by Gasteiger charge is 2.00. The fourth-order valence-corrected chi connectivity index (χ4v) is 0.903. The molecule has 0 N–H and O–H groups in total. The number of unbranched alkanes of at least 4 members (excludes halogenated alkanes) is 1. The smallest absolute Gasteiger partial charge is 0.306 e. The number of ether oxygens (including phenoxy) is 1. The van der Waals surface area contributed by atoms with E-state index in [1.165, 1.54) is 0 Å². The molecule has 0 aliphatic carbocycles. The van der Waals surface area contributed by atoms with Crippen molar-refractivity contribution in [1.29, 1.82) is 0 Å². The summed E-state index contributed by atoms with van der Waals surface area (Å²) in [6.45, 7) is 2.38. The second-order valence-corrected chi connectivity index (χ2v) is 3.35. The van der Waals surface area contributed by atoms with Gasteiger partial charge in [-0.2, -0.15) is 0 Å². The lowest BCUT2D eigenvalue weighted by Crippen LogP contribution is -2.09. The third-order valence-corrected chi connectivity index (χ3v) is 1.77. The molecule has 0 aliphatic rings. The van der Waals surface area contributed by atoms with Crippen LogP contribution in [0.5, 0.6) is 0 Å². The highest BCUT2D eigenvalue weighted by atomic mass is 32.2. The molecule has 0 bridgehead atoms. The van der Waals surface area contributed by atoms with Crippen LogP contribution in [0.3, 0.4) is 0 Å². The lowest BCUT2D eigenvalue weighted by molar-refractivity contribution is -0.143. The zero-order valence-electron chi connectivity index (χ0n) is 7.08. The van der Waals surface area contributed by atoms with E-state index in [1.54, 1.807) is 0 Å². The molecule has 0 aromatic heterocycles. The molecule has 5 heteroatoms. The molecule has 72 valence electrons. The molecule has 0 fully saturated rings. The van der Waals surface area contributed by atoms with Crippen LogP contribution in [0.2, 0.25) is 0 Å². The van der Waals surface area contributed by atoms with Crippen LogP contribution in [0, 0.1) is 0 Å². The summed E-state index contributed by atoms with van der Waals surface area (Å²) in [7, 11) is 0. The number of esters is 1. The number of carbonyl (C=O) groups excluding carboxylic acids is 1. The average molecular weight is 193 g/mol. The van der Waals surface area contributed by atoms with E-state index < -0.39 is 17.0 Å². The minimum atomic E-state index is -2.14. The van der Waals surface area contributed by atoms with Crippen LogP contribution in [0.15, 0.2) is 0 Å². The van der Waals surface area contributed by atoms with E-state index >= 15 is 0 Å². The van der Waals surface area contributed by atoms with Gasteiger partial charge in [0, 0.05) is 5.75 Å². The maximum absolute atomic E-state index is 10.7. The van der Waals surface area contributed by atoms with Crippen molar-refractivity contribution in [2.45, 2.75) is 26.2 Å². The van der Waals surface area contributed by atoms with Crippen molar-refractivity contribution in [3.63, 3.8) is 0 Å². The fourth-order valence-electron chi connectivity index (χ4n) is 0.569. The van der Waals surface area contributed by atoms with Crippen LogP contribution in [0.1, 0.15) is 26.2 Å². The lowest BCUT2D eigenvalue weighted by atomic mass is 10.4. The highest BCUT2D eigenvalue weighted by Crippen LogP contribution is 1.92. The lowest BCUT2D eigenvalue weighted by Gasteiger charge is -2.05. The monoisotopic (exact) mass is 193 g/mol. The SMILES string of the molecule is CCCCOC(=O)CCS(=O)[O-]. The predicted molar refractivity (Wildman–Crippen MR) is 44.3 cm³/mol. The second kappa shape index (κ2) is 7.24. The van der Waals surface area contributed by atoms with Gasteiger partial charge in [0.15, 0.2) is 0 Å². The van der Waals surface area contributed by atoms with Gasteiger partial charge in [-0.25, -0.2) is 0 Å². The van der Waals surface area contributed by atoms with Crippen LogP contribution in [-0.2, 0) is 20.6 Å². The Morgan fingerprint density at radius 1 is 1.58 bits per heavy atom. The van der Waals surface area contributed by atoms with Gasteiger partial charge in [0.1, 0.15) is 0 Å². The Labute approximate surface area is 74.6 Å². The van der Waals surface area contributed by atoms with E-state index in [9.17, 15) is 13.6 Å². The van der Waals surface area contributed by atoms with Gasteiger partial charge in [-0.1, -0.05) is 24.4 Å². The molecule has 1 atom stereocenters. The highest BCUT2D eigenvalue weighted by molar-refractivity contribution is 7.79. The summed E-state index contributed by atoms with van der Waals surface area (Å²) in [6.07, 6.45) is 1.74. The van der Waals surface area contributed by atoms with Crippen molar-refractivity contribution < 1.29 is 18.3 Å². The molecule has 0 radical (unpaired) electrons. The van der Waals surface area contributed by atoms with Gasteiger partial charge in [-0.3, -0.25) is 9.00 Å². The molecule has 4 nitrogen and oxygen atoms in total. The predicted octanol–water partition coefficient (Wildman–Crippen LogP) is 0.599. The third kappa shape index (κ3) is 7.68. The summed E-state index contributed by atoms with van der Waals surface area (Å²) in [5.74, 6) is -0.585. The summed E-state index contributed by atoms with van der Waals surface area (Å²) in [6, 6.07) is 0. The Hall–Kier alpha value is -0.420. The van der Waals surface area contributed by atoms with Crippen LogP contribution in [0.25, 0.3) is 0 Å². The van der Waals surface area contributed by atoms with E-state index in [2.05, 4.69) is 0 Å². The zero-order valence-corrected chi connectivity index (χ0v) is 7.89. The molecule has 0 saturated heterocycles. The van der Waals surface area contributed by atoms with Crippen LogP contribution in [-0.4, -0.2) is 27.1 Å². The van der Waals surface area contributed by atoms with E-state index in [-0.39, 0.29) is 12.2 Å². The Kier molecular flexibility index (Phi) is 6.99. The maximum Gasteiger partial charge on any atom is 0.306 e. The quantitative estimate of drug-likeness (QED) is 0.352. The minimum Gasteiger partial charge on any atom is -0.772 e. The molecule has 0 spiro atoms. The second-order valence-electron chi connectivity index (χ2n) is 2.33. The molecule has 0 saturated carbocycles. The van der Waals surface area contributed by atoms with Gasteiger partial charge in [0.25, 0.3) is 0 Å². The van der Waals surface area contributed by atoms with Crippen molar-refractivity contribution >= 4 is 17.0 Å². The molecular weight excluding hydrogens is 180 g/mol. The van der Waals surface area contributed by atoms with E-state index in [0.717, 1.165) is 12.8 Å². The molecule has 0 amide bonds. The summed E-state index contributed by atoms with van der Waals surface area (Å²) < 4.78 is 24.8. The Bertz CT molecular complexity index is 157. The number of hydrogen-bond acceptors (Lipinski definition) is 4. The number of hydrogen-bond donors (Lipinski definition) is 0. The number of carbonyl (C=O) groups is 1. The topological polar surface area (TPSA) is 66.4 Å². The molecular formula is C7H13O4S-. The average Bonchev–Trinajstić information content (AvgIpc) is 2.01. The van der Waals surface area contributed by atoms with Gasteiger partial charge in [0.2, 0.25) is 0 Å². The van der Waals surface area contributed by atoms with E-state index in [1.807, 2.05) is 6.92 Å². The Balaban J connectivity index is 3.28. The first-order valence-corrected chi connectivity index (χ1v) is 5.12. The summed E-state index contributed by atoms with van der Waals surface area (Å²) in [5.41, 5.74) is 0. The van der Waals surface area contributed by atoms with Gasteiger partial charge in [-0.05, 0) is 6.42 Å². The molecule has 0 aromatic carbocycles. The number of rotatable bonds is 6. The van der Waals surface area contributed by atoms with Crippen molar-refractivity contribution in [2.75, 3.05) is 12.4 Å². The third-order valence-electron chi connectivity index (χ3n) is 1.23. The Morgan fingerprint density at radius 2 is 2.25 bits per heavy atom. The van der Waals surface area contributed by atoms with E-state index in [4.69, 9.17) is 4.74 Å². The fraction of sp³-hybridized carbons (Fsp3) is 0.857. The normalized spacial score (nSPS) is 12.5. The van der Waals surface area contributed by atoms with Gasteiger partial charge >= 0.3 is 5.97 Å². The van der Waals surface area contributed by atoms with Crippen LogP contribution < -0.4 is 0 Å². The van der Waals surface area contributed by atoms with Gasteiger partial charge in [-0.15, -0.1) is 0 Å². The molecule has 0 rings (SSSR count). The molecule has 1 unspecified atom stereocenters. The molecule has 0 aromatic rings. The summed E-state index contributed by atoms with van der Waals surface area (Å²) in [4.78, 5) is 10.7. The van der Waals surface area contributed by atoms with Crippen molar-refractivity contribution in [2.24, 2.45) is 0 Å². The first kappa shape index (κ1) is 11.6. The standard InChI is InChI=1S/C7H14O4S/c1-2-3-5-11-7(8)4-6-12(9)10/h2-6H2,1H3,(H,9,10)/p-1. The zero-order chi connectivity index (χ0) is 9.40. The van der Waals surface area contributed by atoms with Crippen molar-refractivity contribution in [3.05, 3.63) is 0 Å². The largest absolute Gasteiger partial charge is 0.772 e. The Morgan fingerprint density at radius 3 is 2.75 bits per heavy atom. The van der Waals surface area contributed by atoms with Crippen molar-refractivity contribution in [3.8, 4) is 0 Å². The van der Waals surface area contributed by atoms with Crippen LogP contribution >= 0.6 is 0 Å². The van der Waals surface area contributed by atoms with Gasteiger partial charge in [0.05, 0.1) is 13.0 Å². The molecule has 12 heavy (non-hydrogen) atoms. The van der Waals surface area contributed by atoms with E-state index in [0.29, 0.717) is 6.61 Å². The summed E-state index contributed by atoms with van der Waals surface area (Å²) in [5, 5.41) is 0.